The van der Waals surface area contributed by atoms with Crippen molar-refractivity contribution in [3.63, 3.8) is 0 Å². The number of aromatic nitrogens is 1. The number of halogens is 1. The standard InChI is InChI=1S/C18H18ClN3OS/c1-23-15-4-2-3-14(12-15)21-7-9-22(10-8-21)18-20-16-6-5-13(19)11-17(16)24-18/h2-6,11-12H,7-10H2,1H3. The fourth-order valence-corrected chi connectivity index (χ4v) is 4.28. The lowest BCUT2D eigenvalue weighted by Gasteiger charge is -2.36. The molecule has 4 nitrogen and oxygen atoms in total. The number of nitrogens with zero attached hydrogens (tertiary/aromatic N) is 3. The second-order valence-corrected chi connectivity index (χ2v) is 7.23. The number of benzene rings is 2. The molecule has 1 aliphatic rings. The van der Waals surface area contributed by atoms with Gasteiger partial charge in [-0.15, -0.1) is 0 Å². The minimum absolute atomic E-state index is 0.764. The Morgan fingerprint density at radius 1 is 1.04 bits per heavy atom. The van der Waals surface area contributed by atoms with Gasteiger partial charge in [0.2, 0.25) is 0 Å². The minimum atomic E-state index is 0.764. The average molecular weight is 360 g/mol. The number of ether oxygens (including phenoxy) is 1. The van der Waals surface area contributed by atoms with Crippen LogP contribution in [0.2, 0.25) is 5.02 Å². The highest BCUT2D eigenvalue weighted by Gasteiger charge is 2.20. The molecule has 0 N–H and O–H groups in total. The molecule has 0 saturated carbocycles. The second kappa shape index (κ2) is 6.49. The maximum Gasteiger partial charge on any atom is 0.186 e. The summed E-state index contributed by atoms with van der Waals surface area (Å²) >= 11 is 7.79. The van der Waals surface area contributed by atoms with Gasteiger partial charge in [-0.3, -0.25) is 0 Å². The average Bonchev–Trinajstić information content (AvgIpc) is 3.05. The van der Waals surface area contributed by atoms with Gasteiger partial charge in [0.25, 0.3) is 0 Å². The first kappa shape index (κ1) is 15.5. The van der Waals surface area contributed by atoms with Crippen LogP contribution in [0.3, 0.4) is 0 Å². The lowest BCUT2D eigenvalue weighted by Crippen LogP contribution is -2.46. The van der Waals surface area contributed by atoms with Crippen LogP contribution < -0.4 is 14.5 Å². The topological polar surface area (TPSA) is 28.6 Å². The Labute approximate surface area is 150 Å². The van der Waals surface area contributed by atoms with Gasteiger partial charge in [-0.05, 0) is 30.3 Å². The smallest absolute Gasteiger partial charge is 0.186 e. The van der Waals surface area contributed by atoms with Crippen LogP contribution in [0.5, 0.6) is 5.75 Å². The first-order valence-electron chi connectivity index (χ1n) is 7.93. The third-order valence-electron chi connectivity index (χ3n) is 4.31. The van der Waals surface area contributed by atoms with Crippen molar-refractivity contribution in [2.45, 2.75) is 0 Å². The quantitative estimate of drug-likeness (QED) is 0.697. The van der Waals surface area contributed by atoms with Crippen LogP contribution in [0.1, 0.15) is 0 Å². The van der Waals surface area contributed by atoms with Crippen LogP contribution in [0, 0.1) is 0 Å². The van der Waals surface area contributed by atoms with Crippen LogP contribution in [-0.4, -0.2) is 38.3 Å². The Morgan fingerprint density at radius 2 is 1.83 bits per heavy atom. The highest BCUT2D eigenvalue weighted by Crippen LogP contribution is 2.32. The first-order valence-corrected chi connectivity index (χ1v) is 9.12. The van der Waals surface area contributed by atoms with Crippen molar-refractivity contribution in [2.75, 3.05) is 43.1 Å². The summed E-state index contributed by atoms with van der Waals surface area (Å²) in [6, 6.07) is 14.1. The summed E-state index contributed by atoms with van der Waals surface area (Å²) in [5.41, 5.74) is 2.24. The lowest BCUT2D eigenvalue weighted by molar-refractivity contribution is 0.414. The summed E-state index contributed by atoms with van der Waals surface area (Å²) < 4.78 is 6.47. The van der Waals surface area contributed by atoms with Crippen LogP contribution in [0.4, 0.5) is 10.8 Å². The number of hydrogen-bond acceptors (Lipinski definition) is 5. The van der Waals surface area contributed by atoms with Gasteiger partial charge in [-0.2, -0.15) is 0 Å². The zero-order valence-corrected chi connectivity index (χ0v) is 15.0. The van der Waals surface area contributed by atoms with Gasteiger partial charge < -0.3 is 14.5 Å². The van der Waals surface area contributed by atoms with Crippen molar-refractivity contribution < 1.29 is 4.74 Å². The second-order valence-electron chi connectivity index (χ2n) is 5.78. The maximum absolute atomic E-state index is 6.07. The van der Waals surface area contributed by atoms with E-state index in [2.05, 4.69) is 21.9 Å². The Kier molecular flexibility index (Phi) is 4.21. The fraction of sp³-hybridized carbons (Fsp3) is 0.278. The summed E-state index contributed by atoms with van der Waals surface area (Å²) in [4.78, 5) is 9.50. The van der Waals surface area contributed by atoms with E-state index in [1.807, 2.05) is 30.3 Å². The Hall–Kier alpha value is -1.98. The molecule has 0 radical (unpaired) electrons. The van der Waals surface area contributed by atoms with Crippen LogP contribution in [0.15, 0.2) is 42.5 Å². The van der Waals surface area contributed by atoms with Crippen molar-refractivity contribution in [1.29, 1.82) is 0 Å². The number of rotatable bonds is 3. The highest BCUT2D eigenvalue weighted by molar-refractivity contribution is 7.22. The van der Waals surface area contributed by atoms with Crippen molar-refractivity contribution in [2.24, 2.45) is 0 Å². The third kappa shape index (κ3) is 3.01. The molecule has 0 atom stereocenters. The first-order chi connectivity index (χ1) is 11.7. The van der Waals surface area contributed by atoms with Crippen molar-refractivity contribution in [1.82, 2.24) is 4.98 Å². The SMILES string of the molecule is COc1cccc(N2CCN(c3nc4ccc(Cl)cc4s3)CC2)c1. The molecule has 1 aliphatic heterocycles. The largest absolute Gasteiger partial charge is 0.497 e. The van der Waals surface area contributed by atoms with Gasteiger partial charge in [0.15, 0.2) is 5.13 Å². The van der Waals surface area contributed by atoms with Gasteiger partial charge in [-0.1, -0.05) is 29.0 Å². The van der Waals surface area contributed by atoms with E-state index in [4.69, 9.17) is 21.3 Å². The van der Waals surface area contributed by atoms with E-state index in [1.54, 1.807) is 18.4 Å². The molecular weight excluding hydrogens is 342 g/mol. The van der Waals surface area contributed by atoms with E-state index in [9.17, 15) is 0 Å². The molecule has 6 heteroatoms. The van der Waals surface area contributed by atoms with Crippen molar-refractivity contribution in [3.8, 4) is 5.75 Å². The lowest BCUT2D eigenvalue weighted by atomic mass is 10.2. The zero-order valence-electron chi connectivity index (χ0n) is 13.4. The normalized spacial score (nSPS) is 15.1. The van der Waals surface area contributed by atoms with E-state index in [0.29, 0.717) is 0 Å². The molecule has 1 aromatic heterocycles. The molecule has 0 bridgehead atoms. The maximum atomic E-state index is 6.07. The van der Waals surface area contributed by atoms with Crippen LogP contribution in [-0.2, 0) is 0 Å². The molecule has 0 spiro atoms. The predicted octanol–water partition coefficient (Wildman–Crippen LogP) is 4.28. The van der Waals surface area contributed by atoms with Crippen molar-refractivity contribution in [3.05, 3.63) is 47.5 Å². The molecule has 0 amide bonds. The molecule has 2 heterocycles. The Morgan fingerprint density at radius 3 is 2.62 bits per heavy atom. The van der Waals surface area contributed by atoms with E-state index < -0.39 is 0 Å². The van der Waals surface area contributed by atoms with Crippen LogP contribution >= 0.6 is 22.9 Å². The number of fused-ring (bicyclic) bond motifs is 1. The number of thiazole rings is 1. The number of hydrogen-bond donors (Lipinski definition) is 0. The fourth-order valence-electron chi connectivity index (χ4n) is 2.98. The molecular formula is C18H18ClN3OS. The summed E-state index contributed by atoms with van der Waals surface area (Å²) in [5.74, 6) is 0.901. The predicted molar refractivity (Wildman–Crippen MR) is 102 cm³/mol. The van der Waals surface area contributed by atoms with Crippen LogP contribution in [0.25, 0.3) is 10.2 Å². The summed E-state index contributed by atoms with van der Waals surface area (Å²) in [5, 5.41) is 1.85. The zero-order chi connectivity index (χ0) is 16.5. The summed E-state index contributed by atoms with van der Waals surface area (Å²) in [6.07, 6.45) is 0. The summed E-state index contributed by atoms with van der Waals surface area (Å²) in [6.45, 7) is 3.88. The molecule has 1 saturated heterocycles. The van der Waals surface area contributed by atoms with E-state index >= 15 is 0 Å². The van der Waals surface area contributed by atoms with E-state index in [1.165, 1.54) is 5.69 Å². The molecule has 4 rings (SSSR count). The highest BCUT2D eigenvalue weighted by atomic mass is 35.5. The molecule has 2 aromatic carbocycles. The molecule has 3 aromatic rings. The number of methoxy groups -OCH3 is 1. The van der Waals surface area contributed by atoms with Gasteiger partial charge in [0.05, 0.1) is 17.3 Å². The molecule has 0 unspecified atom stereocenters. The van der Waals surface area contributed by atoms with Gasteiger partial charge >= 0.3 is 0 Å². The number of anilines is 2. The van der Waals surface area contributed by atoms with E-state index in [-0.39, 0.29) is 0 Å². The molecule has 24 heavy (non-hydrogen) atoms. The molecule has 1 fully saturated rings. The summed E-state index contributed by atoms with van der Waals surface area (Å²) in [7, 11) is 1.70. The monoisotopic (exact) mass is 359 g/mol. The van der Waals surface area contributed by atoms with Gasteiger partial charge in [0, 0.05) is 43.0 Å². The van der Waals surface area contributed by atoms with Gasteiger partial charge in [-0.25, -0.2) is 4.98 Å². The third-order valence-corrected chi connectivity index (χ3v) is 5.62. The van der Waals surface area contributed by atoms with E-state index in [0.717, 1.165) is 52.3 Å². The minimum Gasteiger partial charge on any atom is -0.497 e. The Bertz CT molecular complexity index is 858. The number of piperazine rings is 1. The Balaban J connectivity index is 1.48. The molecule has 124 valence electrons. The van der Waals surface area contributed by atoms with Crippen molar-refractivity contribution >= 4 is 44.0 Å². The molecule has 0 aliphatic carbocycles. The van der Waals surface area contributed by atoms with Gasteiger partial charge in [0.1, 0.15) is 5.75 Å².